The molecule has 2 heterocycles. The van der Waals surface area contributed by atoms with E-state index in [9.17, 15) is 0 Å². The largest absolute Gasteiger partial charge is 0.361 e. The van der Waals surface area contributed by atoms with Gasteiger partial charge in [0.1, 0.15) is 12.2 Å². The highest BCUT2D eigenvalue weighted by atomic mass is 35.5. The predicted octanol–water partition coefficient (Wildman–Crippen LogP) is 3.80. The van der Waals surface area contributed by atoms with Crippen molar-refractivity contribution in [2.24, 2.45) is 5.11 Å². The Hall–Kier alpha value is -1.82. The van der Waals surface area contributed by atoms with Crippen molar-refractivity contribution in [1.29, 1.82) is 0 Å². The van der Waals surface area contributed by atoms with Gasteiger partial charge in [-0.1, -0.05) is 24.9 Å². The van der Waals surface area contributed by atoms with Gasteiger partial charge >= 0.3 is 0 Å². The predicted molar refractivity (Wildman–Crippen MR) is 72.2 cm³/mol. The molecule has 0 atom stereocenters. The number of ether oxygens (including phenoxy) is 1. The molecule has 0 aliphatic heterocycles. The molecule has 2 aromatic rings. The highest BCUT2D eigenvalue weighted by Crippen LogP contribution is 2.26. The number of aromatic nitrogens is 3. The quantitative estimate of drug-likeness (QED) is 0.265. The molecule has 7 nitrogen and oxygen atoms in total. The van der Waals surface area contributed by atoms with Crippen molar-refractivity contribution in [3.05, 3.63) is 27.9 Å². The Kier molecular flexibility index (Phi) is 4.57. The summed E-state index contributed by atoms with van der Waals surface area (Å²) in [4.78, 5) is 10.9. The number of unbranched alkanes of at least 4 members (excludes halogenated alkanes) is 1. The molecule has 0 N–H and O–H groups in total. The van der Waals surface area contributed by atoms with Gasteiger partial charge in [0.2, 0.25) is 0 Å². The maximum Gasteiger partial charge on any atom is 0.200 e. The number of fused-ring (bicyclic) bond motifs is 1. The van der Waals surface area contributed by atoms with Crippen molar-refractivity contribution < 1.29 is 4.74 Å². The summed E-state index contributed by atoms with van der Waals surface area (Å²) in [6.45, 7) is 3.00. The maximum absolute atomic E-state index is 8.56. The lowest BCUT2D eigenvalue weighted by atomic mass is 10.4. The first-order chi connectivity index (χ1) is 9.27. The standard InChI is InChI=1S/C11H13ClN6O/c1-2-3-6-19-7-18-8-4-5-14-10(12)9(8)15-11(18)16-17-13/h4-5H,2-3,6-7H2,1H3. The lowest BCUT2D eigenvalue weighted by molar-refractivity contribution is 0.0783. The first-order valence-corrected chi connectivity index (χ1v) is 6.29. The minimum absolute atomic E-state index is 0.226. The van der Waals surface area contributed by atoms with Gasteiger partial charge in [0, 0.05) is 17.7 Å². The Labute approximate surface area is 114 Å². The van der Waals surface area contributed by atoms with Crippen molar-refractivity contribution in [3.8, 4) is 0 Å². The third kappa shape index (κ3) is 2.96. The number of rotatable bonds is 6. The second-order valence-corrected chi connectivity index (χ2v) is 4.25. The molecule has 2 aromatic heterocycles. The number of halogens is 1. The van der Waals surface area contributed by atoms with Gasteiger partial charge < -0.3 is 4.74 Å². The molecule has 0 fully saturated rings. The van der Waals surface area contributed by atoms with Crippen LogP contribution < -0.4 is 0 Å². The molecule has 0 aliphatic rings. The molecule has 0 saturated heterocycles. The van der Waals surface area contributed by atoms with Crippen LogP contribution in [0.2, 0.25) is 5.15 Å². The van der Waals surface area contributed by atoms with E-state index in [1.807, 2.05) is 0 Å². The molecule has 0 aliphatic carbocycles. The second kappa shape index (κ2) is 6.38. The molecule has 0 aromatic carbocycles. The molecule has 100 valence electrons. The zero-order chi connectivity index (χ0) is 13.7. The fourth-order valence-corrected chi connectivity index (χ4v) is 1.85. The molecule has 0 bridgehead atoms. The number of azide groups is 1. The monoisotopic (exact) mass is 280 g/mol. The molecule has 8 heteroatoms. The number of pyridine rings is 1. The van der Waals surface area contributed by atoms with Gasteiger partial charge in [-0.25, -0.2) is 9.97 Å². The Morgan fingerprint density at radius 2 is 2.42 bits per heavy atom. The van der Waals surface area contributed by atoms with Gasteiger partial charge in [-0.3, -0.25) is 4.57 Å². The van der Waals surface area contributed by atoms with E-state index in [0.29, 0.717) is 12.1 Å². The second-order valence-electron chi connectivity index (χ2n) is 3.89. The molecular formula is C11H13ClN6O. The third-order valence-corrected chi connectivity index (χ3v) is 2.88. The summed E-state index contributed by atoms with van der Waals surface area (Å²) in [5.74, 6) is 0.226. The lowest BCUT2D eigenvalue weighted by Gasteiger charge is -2.07. The van der Waals surface area contributed by atoms with E-state index in [-0.39, 0.29) is 17.8 Å². The molecule has 0 spiro atoms. The lowest BCUT2D eigenvalue weighted by Crippen LogP contribution is -2.03. The van der Waals surface area contributed by atoms with Gasteiger partial charge in [0.25, 0.3) is 0 Å². The van der Waals surface area contributed by atoms with Crippen LogP contribution >= 0.6 is 11.6 Å². The molecule has 0 radical (unpaired) electrons. The molecule has 0 amide bonds. The van der Waals surface area contributed by atoms with Crippen LogP contribution in [0.5, 0.6) is 0 Å². The van der Waals surface area contributed by atoms with E-state index in [1.54, 1.807) is 16.8 Å². The van der Waals surface area contributed by atoms with Gasteiger partial charge in [-0.2, -0.15) is 0 Å². The normalized spacial score (nSPS) is 10.6. The van der Waals surface area contributed by atoms with Crippen molar-refractivity contribution in [2.75, 3.05) is 6.61 Å². The number of nitrogens with zero attached hydrogens (tertiary/aromatic N) is 6. The van der Waals surface area contributed by atoms with Crippen molar-refractivity contribution in [1.82, 2.24) is 14.5 Å². The average Bonchev–Trinajstić information content (AvgIpc) is 2.75. The SMILES string of the molecule is CCCCOCn1c(N=[N+]=[N-])nc2c(Cl)nccc21. The van der Waals surface area contributed by atoms with Crippen LogP contribution in [-0.4, -0.2) is 21.1 Å². The topological polar surface area (TPSA) is 88.7 Å². The highest BCUT2D eigenvalue weighted by Gasteiger charge is 2.12. The van der Waals surface area contributed by atoms with Gasteiger partial charge in [0.05, 0.1) is 5.52 Å². The number of hydrogen-bond acceptors (Lipinski definition) is 4. The fourth-order valence-electron chi connectivity index (χ4n) is 1.65. The third-order valence-electron chi connectivity index (χ3n) is 2.60. The fraction of sp³-hybridized carbons (Fsp3) is 0.455. The average molecular weight is 281 g/mol. The van der Waals surface area contributed by atoms with E-state index < -0.39 is 0 Å². The van der Waals surface area contributed by atoms with Crippen LogP contribution in [0.4, 0.5) is 5.95 Å². The Bertz CT molecular complexity index is 619. The first-order valence-electron chi connectivity index (χ1n) is 5.91. The van der Waals surface area contributed by atoms with Crippen LogP contribution in [-0.2, 0) is 11.5 Å². The van der Waals surface area contributed by atoms with Gasteiger partial charge in [0.15, 0.2) is 11.1 Å². The summed E-state index contributed by atoms with van der Waals surface area (Å²) in [5, 5.41) is 3.83. The summed E-state index contributed by atoms with van der Waals surface area (Å²) >= 11 is 5.96. The minimum atomic E-state index is 0.226. The van der Waals surface area contributed by atoms with Crippen molar-refractivity contribution in [2.45, 2.75) is 26.5 Å². The van der Waals surface area contributed by atoms with Crippen molar-refractivity contribution >= 4 is 28.6 Å². The maximum atomic E-state index is 8.56. The zero-order valence-corrected chi connectivity index (χ0v) is 11.2. The van der Waals surface area contributed by atoms with Gasteiger partial charge in [-0.05, 0) is 23.1 Å². The Balaban J connectivity index is 2.35. The molecule has 19 heavy (non-hydrogen) atoms. The first kappa shape index (κ1) is 13.6. The highest BCUT2D eigenvalue weighted by molar-refractivity contribution is 6.33. The van der Waals surface area contributed by atoms with Crippen LogP contribution in [0.3, 0.4) is 0 Å². The minimum Gasteiger partial charge on any atom is -0.361 e. The number of hydrogen-bond donors (Lipinski definition) is 0. The van der Waals surface area contributed by atoms with Gasteiger partial charge in [-0.15, -0.1) is 0 Å². The van der Waals surface area contributed by atoms with E-state index in [1.165, 1.54) is 0 Å². The summed E-state index contributed by atoms with van der Waals surface area (Å²) in [5.41, 5.74) is 9.80. The Morgan fingerprint density at radius 3 is 3.16 bits per heavy atom. The summed E-state index contributed by atoms with van der Waals surface area (Å²) in [7, 11) is 0. The van der Waals surface area contributed by atoms with E-state index in [0.717, 1.165) is 18.4 Å². The Morgan fingerprint density at radius 1 is 1.58 bits per heavy atom. The zero-order valence-electron chi connectivity index (χ0n) is 10.5. The van der Waals surface area contributed by atoms with E-state index >= 15 is 0 Å². The van der Waals surface area contributed by atoms with Crippen LogP contribution in [0.25, 0.3) is 21.5 Å². The summed E-state index contributed by atoms with van der Waals surface area (Å²) in [6.07, 6.45) is 3.62. The number of imidazole rings is 1. The smallest absolute Gasteiger partial charge is 0.200 e. The van der Waals surface area contributed by atoms with Crippen molar-refractivity contribution in [3.63, 3.8) is 0 Å². The molecule has 0 unspecified atom stereocenters. The molecule has 2 rings (SSSR count). The van der Waals surface area contributed by atoms with E-state index in [2.05, 4.69) is 26.9 Å². The van der Waals surface area contributed by atoms with Crippen LogP contribution in [0.1, 0.15) is 19.8 Å². The van der Waals surface area contributed by atoms with Crippen LogP contribution in [0.15, 0.2) is 17.4 Å². The molecule has 0 saturated carbocycles. The van der Waals surface area contributed by atoms with E-state index in [4.69, 9.17) is 21.9 Å². The summed E-state index contributed by atoms with van der Waals surface area (Å²) < 4.78 is 7.21. The van der Waals surface area contributed by atoms with Crippen LogP contribution in [0, 0.1) is 0 Å². The molecular weight excluding hydrogens is 268 g/mol. The summed E-state index contributed by atoms with van der Waals surface area (Å²) in [6, 6.07) is 1.76.